The van der Waals surface area contributed by atoms with E-state index in [1.807, 2.05) is 31.2 Å². The zero-order valence-corrected chi connectivity index (χ0v) is 19.8. The molecule has 2 rings (SSSR count). The standard InChI is InChI=1S/C24H30Cl2N2O3/c1-4-6-13-27-24(30)22(5-2)28(16-17-7-11-20(31-3)12-8-17)23(29)14-18-9-10-19(25)15-21(18)26/h7-12,15,22H,4-6,13-14,16H2,1-3H3,(H,27,30)/t22-/m0/s1. The van der Waals surface area contributed by atoms with Crippen LogP contribution in [-0.2, 0) is 22.6 Å². The van der Waals surface area contributed by atoms with Crippen molar-refractivity contribution in [2.24, 2.45) is 0 Å². The first-order chi connectivity index (χ1) is 14.9. The van der Waals surface area contributed by atoms with Crippen molar-refractivity contribution in [2.45, 2.75) is 52.1 Å². The number of unbranched alkanes of at least 4 members (excludes halogenated alkanes) is 1. The van der Waals surface area contributed by atoms with Gasteiger partial charge >= 0.3 is 0 Å². The number of nitrogens with one attached hydrogen (secondary N) is 1. The number of carbonyl (C=O) groups excluding carboxylic acids is 2. The first-order valence-corrected chi connectivity index (χ1v) is 11.3. The van der Waals surface area contributed by atoms with Gasteiger partial charge in [-0.3, -0.25) is 9.59 Å². The van der Waals surface area contributed by atoms with E-state index < -0.39 is 6.04 Å². The van der Waals surface area contributed by atoms with Crippen LogP contribution >= 0.6 is 23.2 Å². The molecule has 0 saturated carbocycles. The predicted molar refractivity (Wildman–Crippen MR) is 126 cm³/mol. The highest BCUT2D eigenvalue weighted by Crippen LogP contribution is 2.23. The molecule has 2 aromatic carbocycles. The van der Waals surface area contributed by atoms with Gasteiger partial charge in [-0.05, 0) is 48.2 Å². The highest BCUT2D eigenvalue weighted by molar-refractivity contribution is 6.35. The van der Waals surface area contributed by atoms with Crippen LogP contribution in [0.1, 0.15) is 44.2 Å². The summed E-state index contributed by atoms with van der Waals surface area (Å²) in [5.41, 5.74) is 1.59. The lowest BCUT2D eigenvalue weighted by atomic mass is 10.1. The molecule has 0 unspecified atom stereocenters. The molecule has 31 heavy (non-hydrogen) atoms. The lowest BCUT2D eigenvalue weighted by Crippen LogP contribution is -2.49. The third-order valence-electron chi connectivity index (χ3n) is 5.08. The molecular formula is C24H30Cl2N2O3. The maximum absolute atomic E-state index is 13.3. The first kappa shape index (κ1) is 25.0. The van der Waals surface area contributed by atoms with Gasteiger partial charge < -0.3 is 15.0 Å². The average Bonchev–Trinajstić information content (AvgIpc) is 2.76. The van der Waals surface area contributed by atoms with Crippen molar-refractivity contribution in [3.8, 4) is 5.75 Å². The maximum Gasteiger partial charge on any atom is 0.242 e. The van der Waals surface area contributed by atoms with E-state index in [4.69, 9.17) is 27.9 Å². The van der Waals surface area contributed by atoms with E-state index in [2.05, 4.69) is 12.2 Å². The van der Waals surface area contributed by atoms with Crippen LogP contribution in [0.3, 0.4) is 0 Å². The SMILES string of the molecule is CCCCNC(=O)[C@H](CC)N(Cc1ccc(OC)cc1)C(=O)Cc1ccc(Cl)cc1Cl. The molecule has 1 N–H and O–H groups in total. The second-order valence-electron chi connectivity index (χ2n) is 7.35. The van der Waals surface area contributed by atoms with Crippen molar-refractivity contribution in [1.29, 1.82) is 0 Å². The van der Waals surface area contributed by atoms with Crippen LogP contribution in [0.25, 0.3) is 0 Å². The summed E-state index contributed by atoms with van der Waals surface area (Å²) in [6.07, 6.45) is 2.48. The molecule has 2 amide bonds. The van der Waals surface area contributed by atoms with Crippen LogP contribution in [-0.4, -0.2) is 36.4 Å². The third-order valence-corrected chi connectivity index (χ3v) is 5.67. The van der Waals surface area contributed by atoms with Gasteiger partial charge in [0.2, 0.25) is 11.8 Å². The molecule has 0 saturated heterocycles. The van der Waals surface area contributed by atoms with Gasteiger partial charge in [-0.1, -0.05) is 61.7 Å². The van der Waals surface area contributed by atoms with Crippen LogP contribution in [0, 0.1) is 0 Å². The molecule has 7 heteroatoms. The number of hydrogen-bond acceptors (Lipinski definition) is 3. The van der Waals surface area contributed by atoms with Crippen LogP contribution in [0.2, 0.25) is 10.0 Å². The lowest BCUT2D eigenvalue weighted by Gasteiger charge is -2.31. The monoisotopic (exact) mass is 464 g/mol. The number of amides is 2. The molecule has 0 aliphatic rings. The Bertz CT molecular complexity index is 872. The smallest absolute Gasteiger partial charge is 0.242 e. The Balaban J connectivity index is 2.27. The quantitative estimate of drug-likeness (QED) is 0.460. The molecule has 1 atom stereocenters. The second-order valence-corrected chi connectivity index (χ2v) is 8.19. The Kier molecular flexibility index (Phi) is 10.2. The second kappa shape index (κ2) is 12.6. The van der Waals surface area contributed by atoms with Gasteiger partial charge in [-0.2, -0.15) is 0 Å². The Labute approximate surface area is 194 Å². The molecular weight excluding hydrogens is 435 g/mol. The van der Waals surface area contributed by atoms with Gasteiger partial charge in [0.25, 0.3) is 0 Å². The Hall–Kier alpha value is -2.24. The topological polar surface area (TPSA) is 58.6 Å². The van der Waals surface area contributed by atoms with E-state index >= 15 is 0 Å². The summed E-state index contributed by atoms with van der Waals surface area (Å²) in [6.45, 7) is 4.89. The number of nitrogens with zero attached hydrogens (tertiary/aromatic N) is 1. The highest BCUT2D eigenvalue weighted by Gasteiger charge is 2.28. The molecule has 0 heterocycles. The highest BCUT2D eigenvalue weighted by atomic mass is 35.5. The maximum atomic E-state index is 13.3. The Morgan fingerprint density at radius 3 is 2.39 bits per heavy atom. The molecule has 0 radical (unpaired) electrons. The van der Waals surface area contributed by atoms with E-state index in [1.165, 1.54) is 0 Å². The van der Waals surface area contributed by atoms with Crippen LogP contribution in [0.5, 0.6) is 5.75 Å². The van der Waals surface area contributed by atoms with Crippen LogP contribution < -0.4 is 10.1 Å². The largest absolute Gasteiger partial charge is 0.497 e. The van der Waals surface area contributed by atoms with Gasteiger partial charge in [0.1, 0.15) is 11.8 Å². The molecule has 0 spiro atoms. The lowest BCUT2D eigenvalue weighted by molar-refractivity contribution is -0.140. The minimum Gasteiger partial charge on any atom is -0.497 e. The normalized spacial score (nSPS) is 11.6. The Morgan fingerprint density at radius 1 is 1.10 bits per heavy atom. The van der Waals surface area contributed by atoms with Gasteiger partial charge in [0.05, 0.1) is 13.5 Å². The van der Waals surface area contributed by atoms with Gasteiger partial charge in [-0.15, -0.1) is 0 Å². The summed E-state index contributed by atoms with van der Waals surface area (Å²) in [4.78, 5) is 27.9. The zero-order valence-electron chi connectivity index (χ0n) is 18.3. The average molecular weight is 465 g/mol. The number of methoxy groups -OCH3 is 1. The molecule has 0 aliphatic heterocycles. The van der Waals surface area contributed by atoms with E-state index in [1.54, 1.807) is 30.2 Å². The molecule has 5 nitrogen and oxygen atoms in total. The van der Waals surface area contributed by atoms with E-state index in [9.17, 15) is 9.59 Å². The first-order valence-electron chi connectivity index (χ1n) is 10.5. The summed E-state index contributed by atoms with van der Waals surface area (Å²) in [5, 5.41) is 3.91. The van der Waals surface area contributed by atoms with Crippen molar-refractivity contribution in [2.75, 3.05) is 13.7 Å². The predicted octanol–water partition coefficient (Wildman–Crippen LogP) is 5.27. The fourth-order valence-electron chi connectivity index (χ4n) is 3.28. The number of ether oxygens (including phenoxy) is 1. The van der Waals surface area contributed by atoms with Crippen LogP contribution in [0.15, 0.2) is 42.5 Å². The summed E-state index contributed by atoms with van der Waals surface area (Å²) in [6, 6.07) is 12.0. The van der Waals surface area contributed by atoms with Gasteiger partial charge in [-0.25, -0.2) is 0 Å². The zero-order chi connectivity index (χ0) is 22.8. The molecule has 0 aromatic heterocycles. The molecule has 0 aliphatic carbocycles. The van der Waals surface area contributed by atoms with Gasteiger partial charge in [0, 0.05) is 23.1 Å². The summed E-state index contributed by atoms with van der Waals surface area (Å²) in [7, 11) is 1.61. The summed E-state index contributed by atoms with van der Waals surface area (Å²) < 4.78 is 5.22. The molecule has 168 valence electrons. The van der Waals surface area contributed by atoms with Crippen molar-refractivity contribution in [1.82, 2.24) is 10.2 Å². The van der Waals surface area contributed by atoms with Crippen molar-refractivity contribution < 1.29 is 14.3 Å². The van der Waals surface area contributed by atoms with Crippen molar-refractivity contribution in [3.05, 3.63) is 63.6 Å². The van der Waals surface area contributed by atoms with Gasteiger partial charge in [0.15, 0.2) is 0 Å². The molecule has 2 aromatic rings. The minimum atomic E-state index is -0.572. The number of halogens is 2. The number of rotatable bonds is 11. The minimum absolute atomic E-state index is 0.0882. The number of hydrogen-bond donors (Lipinski definition) is 1. The molecule has 0 fully saturated rings. The third kappa shape index (κ3) is 7.44. The van der Waals surface area contributed by atoms with Crippen LogP contribution in [0.4, 0.5) is 0 Å². The summed E-state index contributed by atoms with van der Waals surface area (Å²) in [5.74, 6) is 0.427. The Morgan fingerprint density at radius 2 is 1.81 bits per heavy atom. The number of carbonyl (C=O) groups is 2. The van der Waals surface area contributed by atoms with Crippen molar-refractivity contribution in [3.63, 3.8) is 0 Å². The molecule has 0 bridgehead atoms. The van der Waals surface area contributed by atoms with E-state index in [0.717, 1.165) is 24.2 Å². The van der Waals surface area contributed by atoms with E-state index in [0.29, 0.717) is 35.1 Å². The summed E-state index contributed by atoms with van der Waals surface area (Å²) >= 11 is 12.3. The fourth-order valence-corrected chi connectivity index (χ4v) is 3.76. The van der Waals surface area contributed by atoms with E-state index in [-0.39, 0.29) is 18.2 Å². The van der Waals surface area contributed by atoms with Crippen molar-refractivity contribution >= 4 is 35.0 Å². The number of benzene rings is 2. The fraction of sp³-hybridized carbons (Fsp3) is 0.417.